The number of hydrogen-bond acceptors (Lipinski definition) is 7. The van der Waals surface area contributed by atoms with Gasteiger partial charge in [0.1, 0.15) is 11.9 Å². The lowest BCUT2D eigenvalue weighted by molar-refractivity contribution is -0.141. The fraction of sp³-hybridized carbons (Fsp3) is 0.440. The van der Waals surface area contributed by atoms with E-state index in [1.54, 1.807) is 0 Å². The number of pyridine rings is 1. The number of nitriles is 1. The smallest absolute Gasteiger partial charge is 0.356 e. The standard InChI is InChI=1S/C25H27F5N6O3S/c1-15-18(13-31)21(25(28,29)30)34-22(36-10-5-8-24(26,27)9-11-36)20(15)23(38)33-16-6-4-7-17(12-16)40(3,39)35-19(37)14-32-2/h4,6-7,12,32H,5,8-11,14H2,1-3H3,(H,33,38)/t40-/m1/s1. The minimum atomic E-state index is -5.04. The van der Waals surface area contributed by atoms with Crippen molar-refractivity contribution in [2.45, 2.75) is 43.2 Å². The van der Waals surface area contributed by atoms with E-state index in [-0.39, 0.29) is 47.8 Å². The van der Waals surface area contributed by atoms with Gasteiger partial charge in [0.05, 0.1) is 27.4 Å². The molecule has 40 heavy (non-hydrogen) atoms. The Morgan fingerprint density at radius 3 is 2.58 bits per heavy atom. The van der Waals surface area contributed by atoms with E-state index < -0.39 is 63.6 Å². The summed E-state index contributed by atoms with van der Waals surface area (Å²) in [6.07, 6.45) is -4.99. The summed E-state index contributed by atoms with van der Waals surface area (Å²) in [5.74, 6) is -5.11. The van der Waals surface area contributed by atoms with Crippen LogP contribution in [-0.4, -0.2) is 59.9 Å². The lowest BCUT2D eigenvalue weighted by Crippen LogP contribution is -2.31. The third-order valence-corrected chi connectivity index (χ3v) is 7.87. The Bertz CT molecular complexity index is 1480. The Morgan fingerprint density at radius 2 is 1.95 bits per heavy atom. The number of nitrogens with one attached hydrogen (secondary N) is 2. The van der Waals surface area contributed by atoms with Gasteiger partial charge in [-0.05, 0) is 44.2 Å². The van der Waals surface area contributed by atoms with E-state index in [2.05, 4.69) is 20.0 Å². The highest BCUT2D eigenvalue weighted by Gasteiger charge is 2.40. The number of likely N-dealkylation sites (N-methyl/N-ethyl adjacent to an activating group) is 1. The fourth-order valence-electron chi connectivity index (χ4n) is 4.24. The highest BCUT2D eigenvalue weighted by molar-refractivity contribution is 7.93. The molecule has 0 aliphatic carbocycles. The molecule has 9 nitrogen and oxygen atoms in total. The summed E-state index contributed by atoms with van der Waals surface area (Å²) in [7, 11) is -1.70. The van der Waals surface area contributed by atoms with Crippen molar-refractivity contribution < 1.29 is 35.8 Å². The zero-order chi connectivity index (χ0) is 29.9. The summed E-state index contributed by atoms with van der Waals surface area (Å²) in [6, 6.07) is 7.02. The molecule has 2 N–H and O–H groups in total. The molecule has 0 unspecified atom stereocenters. The quantitative estimate of drug-likeness (QED) is 0.482. The fourth-order valence-corrected chi connectivity index (χ4v) is 5.48. The monoisotopic (exact) mass is 586 g/mol. The molecule has 1 aromatic carbocycles. The predicted molar refractivity (Wildman–Crippen MR) is 138 cm³/mol. The Balaban J connectivity index is 2.10. The molecule has 2 amide bonds. The van der Waals surface area contributed by atoms with Gasteiger partial charge in [0, 0.05) is 42.8 Å². The minimum Gasteiger partial charge on any atom is -0.356 e. The van der Waals surface area contributed by atoms with Crippen LogP contribution in [0.5, 0.6) is 0 Å². The number of benzene rings is 1. The van der Waals surface area contributed by atoms with E-state index in [1.807, 2.05) is 0 Å². The molecular weight excluding hydrogens is 559 g/mol. The number of carbonyl (C=O) groups excluding carboxylic acids is 2. The van der Waals surface area contributed by atoms with Gasteiger partial charge in [-0.2, -0.15) is 22.8 Å². The van der Waals surface area contributed by atoms with Crippen LogP contribution in [0.15, 0.2) is 33.5 Å². The molecule has 1 saturated heterocycles. The van der Waals surface area contributed by atoms with Crippen LogP contribution in [0.1, 0.15) is 46.4 Å². The van der Waals surface area contributed by atoms with Gasteiger partial charge < -0.3 is 15.5 Å². The number of carbonyl (C=O) groups is 2. The lowest BCUT2D eigenvalue weighted by atomic mass is 10.00. The van der Waals surface area contributed by atoms with Crippen molar-refractivity contribution >= 4 is 33.0 Å². The number of rotatable bonds is 6. The van der Waals surface area contributed by atoms with Crippen molar-refractivity contribution in [2.24, 2.45) is 4.36 Å². The van der Waals surface area contributed by atoms with E-state index >= 15 is 0 Å². The van der Waals surface area contributed by atoms with Crippen molar-refractivity contribution in [3.05, 3.63) is 46.6 Å². The normalized spacial score (nSPS) is 16.8. The minimum absolute atomic E-state index is 0.0567. The van der Waals surface area contributed by atoms with E-state index in [0.29, 0.717) is 0 Å². The van der Waals surface area contributed by atoms with Crippen LogP contribution in [0.4, 0.5) is 33.5 Å². The number of hydrogen-bond donors (Lipinski definition) is 2. The van der Waals surface area contributed by atoms with E-state index in [4.69, 9.17) is 0 Å². The molecule has 0 bridgehead atoms. The molecule has 2 aromatic rings. The molecule has 2 heterocycles. The lowest BCUT2D eigenvalue weighted by Gasteiger charge is -2.27. The van der Waals surface area contributed by atoms with Gasteiger partial charge in [-0.15, -0.1) is 0 Å². The SMILES string of the molecule is CNCC(=O)N=[S@](C)(=O)c1cccc(NC(=O)c2c(N3CCCC(F)(F)CC3)nc(C(F)(F)F)c(C#N)c2C)c1. The van der Waals surface area contributed by atoms with Crippen molar-refractivity contribution in [2.75, 3.05) is 43.2 Å². The summed E-state index contributed by atoms with van der Waals surface area (Å²) in [4.78, 5) is 30.3. The topological polar surface area (TPSA) is 128 Å². The third-order valence-electron chi connectivity index (χ3n) is 6.19. The first kappa shape index (κ1) is 30.9. The third kappa shape index (κ3) is 7.11. The van der Waals surface area contributed by atoms with Gasteiger partial charge in [-0.3, -0.25) is 9.59 Å². The van der Waals surface area contributed by atoms with Gasteiger partial charge in [-0.1, -0.05) is 6.07 Å². The Hall–Kier alpha value is -3.64. The van der Waals surface area contributed by atoms with Crippen LogP contribution >= 0.6 is 0 Å². The number of anilines is 2. The molecule has 1 aromatic heterocycles. The molecule has 1 aliphatic rings. The second-order valence-corrected chi connectivity index (χ2v) is 11.5. The highest BCUT2D eigenvalue weighted by Crippen LogP contribution is 2.38. The summed E-state index contributed by atoms with van der Waals surface area (Å²) in [6.45, 7) is 0.565. The van der Waals surface area contributed by atoms with Gasteiger partial charge >= 0.3 is 6.18 Å². The van der Waals surface area contributed by atoms with Crippen LogP contribution in [0.3, 0.4) is 0 Å². The maximum Gasteiger partial charge on any atom is 0.434 e. The van der Waals surface area contributed by atoms with Gasteiger partial charge in [0.2, 0.25) is 5.92 Å². The Kier molecular flexibility index (Phi) is 9.15. The first-order valence-corrected chi connectivity index (χ1v) is 14.0. The van der Waals surface area contributed by atoms with E-state index in [9.17, 15) is 41.0 Å². The zero-order valence-corrected chi connectivity index (χ0v) is 22.7. The number of nitrogens with zero attached hydrogens (tertiary/aromatic N) is 4. The van der Waals surface area contributed by atoms with Crippen molar-refractivity contribution in [1.82, 2.24) is 10.3 Å². The molecule has 0 radical (unpaired) electrons. The largest absolute Gasteiger partial charge is 0.434 e. The van der Waals surface area contributed by atoms with E-state index in [0.717, 1.165) is 6.92 Å². The Morgan fingerprint density at radius 1 is 1.25 bits per heavy atom. The number of amides is 2. The van der Waals surface area contributed by atoms with Crippen LogP contribution in [0.25, 0.3) is 0 Å². The average molecular weight is 587 g/mol. The molecular formula is C25H27F5N6O3S. The highest BCUT2D eigenvalue weighted by atomic mass is 32.2. The number of aromatic nitrogens is 1. The zero-order valence-electron chi connectivity index (χ0n) is 21.9. The predicted octanol–water partition coefficient (Wildman–Crippen LogP) is 4.36. The first-order valence-electron chi connectivity index (χ1n) is 12.1. The second-order valence-electron chi connectivity index (χ2n) is 9.26. The van der Waals surface area contributed by atoms with Crippen LogP contribution < -0.4 is 15.5 Å². The summed E-state index contributed by atoms with van der Waals surface area (Å²) < 4.78 is 86.3. The molecule has 1 fully saturated rings. The second kappa shape index (κ2) is 11.8. The summed E-state index contributed by atoms with van der Waals surface area (Å²) in [5.41, 5.74) is -3.02. The summed E-state index contributed by atoms with van der Waals surface area (Å²) in [5, 5.41) is 14.6. The van der Waals surface area contributed by atoms with Crippen molar-refractivity contribution in [3.8, 4) is 6.07 Å². The summed E-state index contributed by atoms with van der Waals surface area (Å²) >= 11 is 0. The van der Waals surface area contributed by atoms with Crippen LogP contribution in [0.2, 0.25) is 0 Å². The Labute approximate surface area is 227 Å². The molecule has 0 spiro atoms. The number of halogens is 5. The molecule has 216 valence electrons. The van der Waals surface area contributed by atoms with E-state index in [1.165, 1.54) is 48.5 Å². The van der Waals surface area contributed by atoms with Crippen LogP contribution in [-0.2, 0) is 20.7 Å². The molecule has 1 atom stereocenters. The maximum absolute atomic E-state index is 14.0. The first-order chi connectivity index (χ1) is 18.6. The van der Waals surface area contributed by atoms with Gasteiger partial charge in [0.25, 0.3) is 11.8 Å². The number of alkyl halides is 5. The molecule has 1 aliphatic heterocycles. The van der Waals surface area contributed by atoms with Gasteiger partial charge in [0.15, 0.2) is 5.69 Å². The van der Waals surface area contributed by atoms with Crippen molar-refractivity contribution in [1.29, 1.82) is 5.26 Å². The maximum atomic E-state index is 14.0. The molecule has 15 heteroatoms. The average Bonchev–Trinajstić information content (AvgIpc) is 3.03. The van der Waals surface area contributed by atoms with Gasteiger partial charge in [-0.25, -0.2) is 18.0 Å². The molecule has 0 saturated carbocycles. The molecule has 3 rings (SSSR count). The van der Waals surface area contributed by atoms with Crippen molar-refractivity contribution in [3.63, 3.8) is 0 Å². The van der Waals surface area contributed by atoms with Crippen LogP contribution in [0, 0.1) is 18.3 Å².